The van der Waals surface area contributed by atoms with Crippen LogP contribution < -0.4 is 10.6 Å². The van der Waals surface area contributed by atoms with Gasteiger partial charge in [-0.2, -0.15) is 0 Å². The second kappa shape index (κ2) is 7.60. The molecule has 8 nitrogen and oxygen atoms in total. The van der Waals surface area contributed by atoms with E-state index < -0.39 is 27.8 Å². The normalized spacial score (nSPS) is 19.1. The van der Waals surface area contributed by atoms with Crippen LogP contribution in [0.25, 0.3) is 15.3 Å². The summed E-state index contributed by atoms with van der Waals surface area (Å²) in [5.41, 5.74) is 1.23. The number of thiazole rings is 1. The van der Waals surface area contributed by atoms with Crippen LogP contribution in [0.3, 0.4) is 0 Å². The third-order valence-electron chi connectivity index (χ3n) is 4.78. The van der Waals surface area contributed by atoms with Crippen molar-refractivity contribution < 1.29 is 18.0 Å². The number of aromatic nitrogens is 2. The first-order valence-electron chi connectivity index (χ1n) is 9.16. The minimum absolute atomic E-state index is 0.0504. The van der Waals surface area contributed by atoms with E-state index in [0.29, 0.717) is 12.0 Å². The van der Waals surface area contributed by atoms with E-state index in [0.717, 1.165) is 15.3 Å². The molecule has 2 aromatic heterocycles. The van der Waals surface area contributed by atoms with Gasteiger partial charge in [-0.25, -0.2) is 13.4 Å². The van der Waals surface area contributed by atoms with Gasteiger partial charge in [0.05, 0.1) is 21.7 Å². The van der Waals surface area contributed by atoms with Crippen molar-refractivity contribution in [2.75, 3.05) is 11.5 Å². The third-order valence-corrected chi connectivity index (χ3v) is 7.58. The summed E-state index contributed by atoms with van der Waals surface area (Å²) in [4.78, 5) is 29.4. The number of benzene rings is 1. The van der Waals surface area contributed by atoms with Crippen LogP contribution in [-0.2, 0) is 14.6 Å². The Labute approximate surface area is 171 Å². The van der Waals surface area contributed by atoms with Crippen LogP contribution in [0.1, 0.15) is 23.7 Å². The van der Waals surface area contributed by atoms with E-state index in [1.54, 1.807) is 25.1 Å². The molecule has 0 aliphatic carbocycles. The Bertz CT molecular complexity index is 1170. The summed E-state index contributed by atoms with van der Waals surface area (Å²) in [6.45, 7) is 1.58. The SMILES string of the molecule is CC(NC(=O)c1ccc2nc(-n3cccc3)sc2c1)C(=O)NC1CCS(=O)(=O)C1. The van der Waals surface area contributed by atoms with Crippen molar-refractivity contribution in [1.29, 1.82) is 0 Å². The number of carbonyl (C=O) groups is 2. The van der Waals surface area contributed by atoms with E-state index in [1.165, 1.54) is 11.3 Å². The Balaban J connectivity index is 1.42. The quantitative estimate of drug-likeness (QED) is 0.635. The molecular formula is C19H20N4O4S2. The number of hydrogen-bond acceptors (Lipinski definition) is 6. The first-order valence-corrected chi connectivity index (χ1v) is 11.8. The van der Waals surface area contributed by atoms with Crippen LogP contribution >= 0.6 is 11.3 Å². The van der Waals surface area contributed by atoms with Crippen molar-refractivity contribution in [2.24, 2.45) is 0 Å². The highest BCUT2D eigenvalue weighted by Crippen LogP contribution is 2.26. The van der Waals surface area contributed by atoms with E-state index >= 15 is 0 Å². The molecule has 152 valence electrons. The average molecular weight is 433 g/mol. The van der Waals surface area contributed by atoms with Crippen molar-refractivity contribution >= 4 is 43.2 Å². The maximum absolute atomic E-state index is 12.6. The lowest BCUT2D eigenvalue weighted by molar-refractivity contribution is -0.123. The summed E-state index contributed by atoms with van der Waals surface area (Å²) < 4.78 is 25.8. The van der Waals surface area contributed by atoms with Gasteiger partial charge < -0.3 is 15.2 Å². The van der Waals surface area contributed by atoms with Crippen molar-refractivity contribution in [3.8, 4) is 5.13 Å². The zero-order chi connectivity index (χ0) is 20.6. The van der Waals surface area contributed by atoms with Crippen LogP contribution in [0.4, 0.5) is 0 Å². The number of carbonyl (C=O) groups excluding carboxylic acids is 2. The predicted molar refractivity (Wildman–Crippen MR) is 111 cm³/mol. The second-order valence-corrected chi connectivity index (χ2v) is 10.3. The zero-order valence-corrected chi connectivity index (χ0v) is 17.3. The minimum Gasteiger partial charge on any atom is -0.351 e. The van der Waals surface area contributed by atoms with Crippen molar-refractivity contribution in [3.05, 3.63) is 48.3 Å². The highest BCUT2D eigenvalue weighted by atomic mass is 32.2. The second-order valence-electron chi connectivity index (χ2n) is 7.07. The van der Waals surface area contributed by atoms with Gasteiger partial charge in [-0.05, 0) is 43.7 Å². The van der Waals surface area contributed by atoms with Crippen LogP contribution in [0, 0.1) is 0 Å². The standard InChI is InChI=1S/C19H20N4O4S2/c1-12(17(24)21-14-6-9-29(26,27)11-14)20-18(25)13-4-5-15-16(10-13)28-19(22-15)23-7-2-3-8-23/h2-5,7-8,10,12,14H,6,9,11H2,1H3,(H,20,25)(H,21,24). The number of rotatable bonds is 5. The van der Waals surface area contributed by atoms with Gasteiger partial charge in [-0.15, -0.1) is 0 Å². The number of fused-ring (bicyclic) bond motifs is 1. The van der Waals surface area contributed by atoms with E-state index in [4.69, 9.17) is 0 Å². The lowest BCUT2D eigenvalue weighted by Crippen LogP contribution is -2.48. The van der Waals surface area contributed by atoms with Gasteiger partial charge >= 0.3 is 0 Å². The molecule has 4 rings (SSSR count). The van der Waals surface area contributed by atoms with Gasteiger partial charge in [0.25, 0.3) is 5.91 Å². The van der Waals surface area contributed by atoms with E-state index in [9.17, 15) is 18.0 Å². The van der Waals surface area contributed by atoms with Gasteiger partial charge in [0.2, 0.25) is 5.91 Å². The summed E-state index contributed by atoms with van der Waals surface area (Å²) in [6.07, 6.45) is 4.21. The molecule has 1 aliphatic rings. The largest absolute Gasteiger partial charge is 0.351 e. The topological polar surface area (TPSA) is 110 Å². The van der Waals surface area contributed by atoms with E-state index in [1.807, 2.05) is 29.1 Å². The molecule has 10 heteroatoms. The molecule has 1 saturated heterocycles. The monoisotopic (exact) mass is 432 g/mol. The molecule has 0 radical (unpaired) electrons. The minimum atomic E-state index is -3.08. The summed E-state index contributed by atoms with van der Waals surface area (Å²) in [5.74, 6) is -0.734. The molecule has 1 aliphatic heterocycles. The fourth-order valence-electron chi connectivity index (χ4n) is 3.21. The summed E-state index contributed by atoms with van der Waals surface area (Å²) in [7, 11) is -3.08. The molecule has 0 bridgehead atoms. The number of sulfone groups is 1. The fraction of sp³-hybridized carbons (Fsp3) is 0.316. The van der Waals surface area contributed by atoms with Crippen LogP contribution in [0.15, 0.2) is 42.7 Å². The first kappa shape index (κ1) is 19.6. The molecule has 0 saturated carbocycles. The molecule has 1 fully saturated rings. The smallest absolute Gasteiger partial charge is 0.251 e. The van der Waals surface area contributed by atoms with Gasteiger partial charge in [0.15, 0.2) is 15.0 Å². The Kier molecular flexibility index (Phi) is 5.13. The fourth-order valence-corrected chi connectivity index (χ4v) is 5.85. The molecule has 3 heterocycles. The van der Waals surface area contributed by atoms with Gasteiger partial charge in [0, 0.05) is 24.0 Å². The Morgan fingerprint density at radius 3 is 2.72 bits per heavy atom. The summed E-state index contributed by atoms with van der Waals surface area (Å²) in [6, 6.07) is 7.86. The number of nitrogens with zero attached hydrogens (tertiary/aromatic N) is 2. The molecule has 2 amide bonds. The van der Waals surface area contributed by atoms with Crippen molar-refractivity contribution in [2.45, 2.75) is 25.4 Å². The van der Waals surface area contributed by atoms with Crippen molar-refractivity contribution in [1.82, 2.24) is 20.2 Å². The predicted octanol–water partition coefficient (Wildman–Crippen LogP) is 1.51. The Hall–Kier alpha value is -2.72. The molecule has 2 atom stereocenters. The molecule has 2 unspecified atom stereocenters. The Morgan fingerprint density at radius 1 is 1.28 bits per heavy atom. The highest BCUT2D eigenvalue weighted by molar-refractivity contribution is 7.91. The van der Waals surface area contributed by atoms with Crippen LogP contribution in [0.5, 0.6) is 0 Å². The van der Waals surface area contributed by atoms with E-state index in [2.05, 4.69) is 15.6 Å². The molecule has 0 spiro atoms. The number of hydrogen-bond donors (Lipinski definition) is 2. The zero-order valence-electron chi connectivity index (χ0n) is 15.7. The lowest BCUT2D eigenvalue weighted by atomic mass is 10.2. The highest BCUT2D eigenvalue weighted by Gasteiger charge is 2.30. The molecule has 1 aromatic carbocycles. The Morgan fingerprint density at radius 2 is 2.03 bits per heavy atom. The van der Waals surface area contributed by atoms with Gasteiger partial charge in [-0.1, -0.05) is 11.3 Å². The van der Waals surface area contributed by atoms with E-state index in [-0.39, 0.29) is 17.4 Å². The number of nitrogens with one attached hydrogen (secondary N) is 2. The van der Waals surface area contributed by atoms with Gasteiger partial charge in [0.1, 0.15) is 6.04 Å². The third kappa shape index (κ3) is 4.33. The summed E-state index contributed by atoms with van der Waals surface area (Å²) in [5, 5.41) is 6.17. The molecule has 29 heavy (non-hydrogen) atoms. The average Bonchev–Trinajstić information content (AvgIpc) is 3.39. The van der Waals surface area contributed by atoms with Crippen LogP contribution in [0.2, 0.25) is 0 Å². The molecule has 3 aromatic rings. The summed E-state index contributed by atoms with van der Waals surface area (Å²) >= 11 is 1.47. The molecular weight excluding hydrogens is 412 g/mol. The maximum Gasteiger partial charge on any atom is 0.251 e. The van der Waals surface area contributed by atoms with Gasteiger partial charge in [-0.3, -0.25) is 9.59 Å². The maximum atomic E-state index is 12.6. The first-order chi connectivity index (χ1) is 13.8. The van der Waals surface area contributed by atoms with Crippen LogP contribution in [-0.4, -0.2) is 53.4 Å². The van der Waals surface area contributed by atoms with Crippen molar-refractivity contribution in [3.63, 3.8) is 0 Å². The lowest BCUT2D eigenvalue weighted by Gasteiger charge is -2.17. The number of amides is 2. The molecule has 2 N–H and O–H groups in total.